The van der Waals surface area contributed by atoms with Crippen LogP contribution >= 0.6 is 0 Å². The summed E-state index contributed by atoms with van der Waals surface area (Å²) in [5, 5.41) is 30.2. The number of nitrogens with one attached hydrogen (secondary N) is 1. The van der Waals surface area contributed by atoms with Crippen molar-refractivity contribution in [2.24, 2.45) is 0 Å². The molecule has 11 heteroatoms. The summed E-state index contributed by atoms with van der Waals surface area (Å²) < 4.78 is 11.7. The smallest absolute Gasteiger partial charge is 0.362 e. The summed E-state index contributed by atoms with van der Waals surface area (Å²) in [5.41, 5.74) is 0.671. The predicted molar refractivity (Wildman–Crippen MR) is 98.5 cm³/mol. The van der Waals surface area contributed by atoms with Gasteiger partial charge in [-0.25, -0.2) is 14.1 Å². The third-order valence-electron chi connectivity index (χ3n) is 3.96. The van der Waals surface area contributed by atoms with Gasteiger partial charge in [0.25, 0.3) is 0 Å². The van der Waals surface area contributed by atoms with Crippen LogP contribution in [0.2, 0.25) is 0 Å². The van der Waals surface area contributed by atoms with E-state index in [9.17, 15) is 4.79 Å². The summed E-state index contributed by atoms with van der Waals surface area (Å²) >= 11 is 0. The monoisotopic (exact) mass is 393 g/mol. The minimum absolute atomic E-state index is 0.00126. The van der Waals surface area contributed by atoms with Crippen LogP contribution in [0.1, 0.15) is 21.9 Å². The number of carbonyl (C=O) groups is 1. The molecule has 0 amide bonds. The van der Waals surface area contributed by atoms with Crippen molar-refractivity contribution in [2.75, 3.05) is 5.32 Å². The third kappa shape index (κ3) is 4.35. The fourth-order valence-corrected chi connectivity index (χ4v) is 2.55. The van der Waals surface area contributed by atoms with Crippen molar-refractivity contribution < 1.29 is 19.3 Å². The van der Waals surface area contributed by atoms with Crippen molar-refractivity contribution in [3.8, 4) is 11.5 Å². The maximum atomic E-state index is 11.0. The second-order valence-electron chi connectivity index (χ2n) is 5.93. The lowest BCUT2D eigenvalue weighted by atomic mass is 10.1. The minimum Gasteiger partial charge on any atom is -0.476 e. The Morgan fingerprint density at radius 2 is 1.83 bits per heavy atom. The van der Waals surface area contributed by atoms with E-state index in [-0.39, 0.29) is 18.2 Å². The van der Waals surface area contributed by atoms with Gasteiger partial charge in [-0.05, 0) is 50.6 Å². The molecule has 0 radical (unpaired) electrons. The molecule has 4 rings (SSSR count). The van der Waals surface area contributed by atoms with Gasteiger partial charge in [0.15, 0.2) is 5.82 Å². The highest BCUT2D eigenvalue weighted by atomic mass is 16.6. The van der Waals surface area contributed by atoms with Crippen LogP contribution in [0.5, 0.6) is 11.5 Å². The maximum Gasteiger partial charge on any atom is 0.362 e. The zero-order chi connectivity index (χ0) is 20.1. The number of ether oxygens (including phenoxy) is 1. The fraction of sp³-hybridized carbons (Fsp3) is 0.111. The van der Waals surface area contributed by atoms with Gasteiger partial charge in [-0.2, -0.15) is 0 Å². The summed E-state index contributed by atoms with van der Waals surface area (Å²) in [6.07, 6.45) is 0.475. The average Bonchev–Trinajstić information content (AvgIpc) is 3.38. The second-order valence-corrected chi connectivity index (χ2v) is 5.93. The Kier molecular flexibility index (Phi) is 5.10. The average molecular weight is 393 g/mol. The van der Waals surface area contributed by atoms with Gasteiger partial charge in [-0.1, -0.05) is 30.3 Å². The quantitative estimate of drug-likeness (QED) is 0.457. The second kappa shape index (κ2) is 8.17. The van der Waals surface area contributed by atoms with E-state index in [2.05, 4.69) is 35.8 Å². The number of hydrogen-bond donors (Lipinski definition) is 2. The number of para-hydroxylation sites is 1. The minimum atomic E-state index is -1.25. The van der Waals surface area contributed by atoms with Gasteiger partial charge in [0, 0.05) is 6.42 Å². The number of tetrazole rings is 1. The van der Waals surface area contributed by atoms with Crippen LogP contribution in [0.15, 0.2) is 59.2 Å². The van der Waals surface area contributed by atoms with Gasteiger partial charge in [0.2, 0.25) is 11.5 Å². The van der Waals surface area contributed by atoms with Gasteiger partial charge in [-0.15, -0.1) is 5.10 Å². The van der Waals surface area contributed by atoms with Crippen LogP contribution in [0.4, 0.5) is 5.82 Å². The van der Waals surface area contributed by atoms with E-state index >= 15 is 0 Å². The number of rotatable bonds is 8. The topological polar surface area (TPSA) is 141 Å². The predicted octanol–water partition coefficient (Wildman–Crippen LogP) is 2.21. The first kappa shape index (κ1) is 18.1. The normalized spacial score (nSPS) is 10.6. The largest absolute Gasteiger partial charge is 0.476 e. The first-order valence-electron chi connectivity index (χ1n) is 8.55. The summed E-state index contributed by atoms with van der Waals surface area (Å²) in [6.45, 7) is 0.103. The SMILES string of the molecule is O=C(O)c1nonc1NCn1nnnc1Cc1ccc(Oc2ccccc2)cc1. The molecule has 2 heterocycles. The van der Waals surface area contributed by atoms with Crippen molar-refractivity contribution in [1.29, 1.82) is 0 Å². The molecule has 0 aliphatic carbocycles. The van der Waals surface area contributed by atoms with Crippen molar-refractivity contribution in [3.63, 3.8) is 0 Å². The van der Waals surface area contributed by atoms with E-state index < -0.39 is 5.97 Å². The summed E-state index contributed by atoms with van der Waals surface area (Å²) in [7, 11) is 0. The van der Waals surface area contributed by atoms with E-state index in [0.29, 0.717) is 12.2 Å². The number of carboxylic acid groups (broad SMARTS) is 1. The van der Waals surface area contributed by atoms with Gasteiger partial charge >= 0.3 is 5.97 Å². The summed E-state index contributed by atoms with van der Waals surface area (Å²) in [4.78, 5) is 11.0. The number of hydrogen-bond acceptors (Lipinski definition) is 9. The molecule has 0 aliphatic rings. The number of aromatic carboxylic acids is 1. The van der Waals surface area contributed by atoms with Gasteiger partial charge in [0.1, 0.15) is 18.2 Å². The Hall–Kier alpha value is -4.28. The van der Waals surface area contributed by atoms with E-state index in [1.54, 1.807) is 0 Å². The Balaban J connectivity index is 1.39. The molecular weight excluding hydrogens is 378 g/mol. The molecule has 146 valence electrons. The summed E-state index contributed by atoms with van der Waals surface area (Å²) in [6, 6.07) is 17.1. The van der Waals surface area contributed by atoms with Crippen molar-refractivity contribution in [3.05, 3.63) is 71.7 Å². The van der Waals surface area contributed by atoms with Crippen LogP contribution in [-0.4, -0.2) is 41.6 Å². The zero-order valence-electron chi connectivity index (χ0n) is 15.0. The number of benzene rings is 2. The molecule has 2 N–H and O–H groups in total. The fourth-order valence-electron chi connectivity index (χ4n) is 2.55. The highest BCUT2D eigenvalue weighted by Crippen LogP contribution is 2.21. The zero-order valence-corrected chi connectivity index (χ0v) is 15.0. The Labute approximate surface area is 163 Å². The van der Waals surface area contributed by atoms with Crippen molar-refractivity contribution in [2.45, 2.75) is 13.1 Å². The maximum absolute atomic E-state index is 11.0. The van der Waals surface area contributed by atoms with Crippen LogP contribution in [0.3, 0.4) is 0 Å². The molecule has 0 saturated carbocycles. The molecule has 0 atom stereocenters. The molecule has 4 aromatic rings. The standard InChI is InChI=1S/C18H15N7O4/c26-18(27)16-17(22-29-21-16)19-11-25-15(20-23-24-25)10-12-6-8-14(9-7-12)28-13-4-2-1-3-5-13/h1-9H,10-11H2,(H,19,22)(H,26,27). The number of nitrogens with zero attached hydrogens (tertiary/aromatic N) is 6. The molecule has 0 fully saturated rings. The molecular formula is C18H15N7O4. The van der Waals surface area contributed by atoms with Crippen LogP contribution < -0.4 is 10.1 Å². The molecule has 0 aliphatic heterocycles. The lowest BCUT2D eigenvalue weighted by molar-refractivity contribution is 0.0685. The van der Waals surface area contributed by atoms with E-state index in [1.807, 2.05) is 54.6 Å². The van der Waals surface area contributed by atoms with Crippen LogP contribution in [0.25, 0.3) is 0 Å². The lowest BCUT2D eigenvalue weighted by Crippen LogP contribution is -2.15. The van der Waals surface area contributed by atoms with E-state index in [1.165, 1.54) is 4.68 Å². The van der Waals surface area contributed by atoms with E-state index in [4.69, 9.17) is 9.84 Å². The lowest BCUT2D eigenvalue weighted by Gasteiger charge is -2.08. The molecule has 2 aromatic heterocycles. The van der Waals surface area contributed by atoms with Crippen LogP contribution in [-0.2, 0) is 13.1 Å². The molecule has 0 unspecified atom stereocenters. The molecule has 0 saturated heterocycles. The Bertz CT molecular complexity index is 1090. The highest BCUT2D eigenvalue weighted by molar-refractivity contribution is 5.90. The first-order valence-corrected chi connectivity index (χ1v) is 8.55. The highest BCUT2D eigenvalue weighted by Gasteiger charge is 2.17. The molecule has 0 bridgehead atoms. The number of carboxylic acids is 1. The van der Waals surface area contributed by atoms with Crippen molar-refractivity contribution in [1.82, 2.24) is 30.5 Å². The first-order chi connectivity index (χ1) is 14.2. The number of anilines is 1. The third-order valence-corrected chi connectivity index (χ3v) is 3.96. The van der Waals surface area contributed by atoms with Gasteiger partial charge < -0.3 is 15.2 Å². The van der Waals surface area contributed by atoms with E-state index in [0.717, 1.165) is 17.1 Å². The summed E-state index contributed by atoms with van der Waals surface area (Å²) in [5.74, 6) is 0.826. The number of aromatic nitrogens is 6. The van der Waals surface area contributed by atoms with Gasteiger partial charge in [0.05, 0.1) is 0 Å². The molecule has 11 nitrogen and oxygen atoms in total. The Morgan fingerprint density at radius 1 is 1.07 bits per heavy atom. The van der Waals surface area contributed by atoms with Crippen molar-refractivity contribution >= 4 is 11.8 Å². The van der Waals surface area contributed by atoms with Crippen LogP contribution in [0, 0.1) is 0 Å². The molecule has 2 aromatic carbocycles. The molecule has 29 heavy (non-hydrogen) atoms. The molecule has 0 spiro atoms. The van der Waals surface area contributed by atoms with Gasteiger partial charge in [-0.3, -0.25) is 0 Å². The Morgan fingerprint density at radius 3 is 2.59 bits per heavy atom.